The summed E-state index contributed by atoms with van der Waals surface area (Å²) in [7, 11) is -0.331. The molecule has 0 unspecified atom stereocenters. The highest BCUT2D eigenvalue weighted by Gasteiger charge is 2.21. The van der Waals surface area contributed by atoms with Crippen molar-refractivity contribution in [2.24, 2.45) is 7.05 Å². The number of nitrogens with zero attached hydrogens (tertiary/aromatic N) is 3. The molecule has 0 bridgehead atoms. The second kappa shape index (κ2) is 5.81. The van der Waals surface area contributed by atoms with Gasteiger partial charge in [0.1, 0.15) is 23.4 Å². The molecule has 0 aliphatic carbocycles. The minimum absolute atomic E-state index is 0.165. The molecule has 2 rings (SSSR count). The van der Waals surface area contributed by atoms with E-state index in [4.69, 9.17) is 19.4 Å². The molecular weight excluding hydrogens is 291 g/mol. The van der Waals surface area contributed by atoms with Crippen molar-refractivity contribution in [1.29, 1.82) is 0 Å². The number of aryl methyl sites for hydroxylation is 1. The van der Waals surface area contributed by atoms with Gasteiger partial charge in [-0.1, -0.05) is 0 Å². The number of aromatic nitrogens is 3. The first kappa shape index (κ1) is 16.1. The Morgan fingerprint density at radius 2 is 2.05 bits per heavy atom. The molecule has 9 nitrogen and oxygen atoms in total. The lowest BCUT2D eigenvalue weighted by atomic mass is 10.2. The van der Waals surface area contributed by atoms with Crippen LogP contribution in [-0.4, -0.2) is 43.6 Å². The second-order valence-corrected chi connectivity index (χ2v) is 5.57. The number of fused-ring (bicyclic) bond motifs is 1. The molecule has 0 aliphatic heterocycles. The summed E-state index contributed by atoms with van der Waals surface area (Å²) in [5.41, 5.74) is -0.181. The van der Waals surface area contributed by atoms with Gasteiger partial charge < -0.3 is 24.0 Å². The van der Waals surface area contributed by atoms with Gasteiger partial charge in [-0.3, -0.25) is 5.32 Å². The van der Waals surface area contributed by atoms with Crippen molar-refractivity contribution in [2.75, 3.05) is 5.32 Å². The number of hydrogen-bond donors (Lipinski definition) is 3. The average molecular weight is 308 g/mol. The summed E-state index contributed by atoms with van der Waals surface area (Å²) in [4.78, 5) is 19.9. The fourth-order valence-electron chi connectivity index (χ4n) is 1.83. The first-order chi connectivity index (χ1) is 10.2. The predicted octanol–water partition coefficient (Wildman–Crippen LogP) is 0.664. The number of amides is 1. The Balaban J connectivity index is 2.33. The average Bonchev–Trinajstić information content (AvgIpc) is 2.65. The summed E-state index contributed by atoms with van der Waals surface area (Å²) in [6, 6.07) is 1.49. The fraction of sp³-hybridized carbons (Fsp3) is 0.417. The van der Waals surface area contributed by atoms with Crippen molar-refractivity contribution in [2.45, 2.75) is 26.4 Å². The van der Waals surface area contributed by atoms with Crippen LogP contribution >= 0.6 is 0 Å². The number of rotatable bonds is 3. The molecule has 3 N–H and O–H groups in total. The summed E-state index contributed by atoms with van der Waals surface area (Å²) >= 11 is 0. The van der Waals surface area contributed by atoms with Crippen LogP contribution in [-0.2, 0) is 11.8 Å². The maximum absolute atomic E-state index is 11.8. The number of carbonyl (C=O) groups is 1. The van der Waals surface area contributed by atoms with Gasteiger partial charge in [-0.05, 0) is 20.8 Å². The third-order valence-corrected chi connectivity index (χ3v) is 2.62. The van der Waals surface area contributed by atoms with Gasteiger partial charge in [-0.2, -0.15) is 0 Å². The maximum Gasteiger partial charge on any atom is 0.708 e. The second-order valence-electron chi connectivity index (χ2n) is 5.57. The van der Waals surface area contributed by atoms with E-state index in [-0.39, 0.29) is 11.7 Å². The molecular formula is C12H17BN4O5. The van der Waals surface area contributed by atoms with Crippen molar-refractivity contribution >= 4 is 30.3 Å². The molecule has 0 spiro atoms. The maximum atomic E-state index is 11.8. The number of carbonyl (C=O) groups excluding carboxylic acids is 1. The fourth-order valence-corrected chi connectivity index (χ4v) is 1.83. The zero-order chi connectivity index (χ0) is 16.5. The minimum atomic E-state index is -1.96. The van der Waals surface area contributed by atoms with Gasteiger partial charge in [0.15, 0.2) is 5.88 Å². The highest BCUT2D eigenvalue weighted by atomic mass is 16.6. The van der Waals surface area contributed by atoms with E-state index in [1.165, 1.54) is 17.0 Å². The van der Waals surface area contributed by atoms with Crippen molar-refractivity contribution in [1.82, 2.24) is 14.5 Å². The van der Waals surface area contributed by atoms with Crippen molar-refractivity contribution in [3.05, 3.63) is 12.4 Å². The third-order valence-electron chi connectivity index (χ3n) is 2.62. The zero-order valence-electron chi connectivity index (χ0n) is 12.7. The molecule has 0 atom stereocenters. The van der Waals surface area contributed by atoms with Crippen LogP contribution in [0.2, 0.25) is 0 Å². The van der Waals surface area contributed by atoms with E-state index in [1.54, 1.807) is 27.8 Å². The molecule has 0 radical (unpaired) electrons. The first-order valence-electron chi connectivity index (χ1n) is 6.50. The van der Waals surface area contributed by atoms with Crippen molar-refractivity contribution in [3.63, 3.8) is 0 Å². The standard InChI is InChI=1S/C12H17BN4O5/c1-12(2,3)21-11(18)16-9-7-5-8(22-13(19)20)17(4)10(7)15-6-14-9/h5-6,19-20H,1-4H3,(H,14,15,16,18). The summed E-state index contributed by atoms with van der Waals surface area (Å²) in [6.45, 7) is 5.25. The molecule has 0 saturated heterocycles. The van der Waals surface area contributed by atoms with E-state index in [9.17, 15) is 4.79 Å². The van der Waals surface area contributed by atoms with Gasteiger partial charge in [0.2, 0.25) is 0 Å². The van der Waals surface area contributed by atoms with Gasteiger partial charge in [-0.25, -0.2) is 14.8 Å². The molecule has 10 heteroatoms. The first-order valence-corrected chi connectivity index (χ1v) is 6.50. The summed E-state index contributed by atoms with van der Waals surface area (Å²) in [5, 5.41) is 20.8. The van der Waals surface area contributed by atoms with Crippen molar-refractivity contribution in [3.8, 4) is 5.88 Å². The van der Waals surface area contributed by atoms with Crippen LogP contribution in [0.15, 0.2) is 12.4 Å². The van der Waals surface area contributed by atoms with Crippen LogP contribution in [0.4, 0.5) is 10.6 Å². The SMILES string of the molecule is Cn1c(OB(O)O)cc2c(NC(=O)OC(C)(C)C)ncnc21. The van der Waals surface area contributed by atoms with E-state index >= 15 is 0 Å². The molecule has 0 aliphatic rings. The number of ether oxygens (including phenoxy) is 1. The lowest BCUT2D eigenvalue weighted by molar-refractivity contribution is 0.0635. The van der Waals surface area contributed by atoms with Gasteiger partial charge in [0, 0.05) is 13.1 Å². The minimum Gasteiger partial charge on any atom is -0.499 e. The molecule has 2 heterocycles. The van der Waals surface area contributed by atoms with Gasteiger partial charge in [0.25, 0.3) is 0 Å². The predicted molar refractivity (Wildman–Crippen MR) is 79.2 cm³/mol. The van der Waals surface area contributed by atoms with E-state index < -0.39 is 19.0 Å². The van der Waals surface area contributed by atoms with E-state index in [0.29, 0.717) is 11.0 Å². The van der Waals surface area contributed by atoms with Gasteiger partial charge >= 0.3 is 13.4 Å². The van der Waals surface area contributed by atoms with E-state index in [1.807, 2.05) is 0 Å². The Hall–Kier alpha value is -2.33. The smallest absolute Gasteiger partial charge is 0.499 e. The van der Waals surface area contributed by atoms with E-state index in [2.05, 4.69) is 15.3 Å². The summed E-state index contributed by atoms with van der Waals surface area (Å²) in [5.74, 6) is 0.398. The summed E-state index contributed by atoms with van der Waals surface area (Å²) in [6.07, 6.45) is 0.620. The third kappa shape index (κ3) is 3.65. The zero-order valence-corrected chi connectivity index (χ0v) is 12.7. The molecule has 1 amide bonds. The van der Waals surface area contributed by atoms with Crippen LogP contribution < -0.4 is 9.97 Å². The van der Waals surface area contributed by atoms with Crippen LogP contribution in [0.5, 0.6) is 5.88 Å². The molecule has 0 fully saturated rings. The lowest BCUT2D eigenvalue weighted by Gasteiger charge is -2.19. The Kier molecular flexibility index (Phi) is 4.24. The summed E-state index contributed by atoms with van der Waals surface area (Å²) < 4.78 is 11.5. The molecule has 2 aromatic heterocycles. The van der Waals surface area contributed by atoms with Gasteiger partial charge in [0.05, 0.1) is 5.39 Å². The Bertz CT molecular complexity index is 695. The van der Waals surface area contributed by atoms with Crippen molar-refractivity contribution < 1.29 is 24.2 Å². The Morgan fingerprint density at radius 3 is 2.64 bits per heavy atom. The monoisotopic (exact) mass is 308 g/mol. The van der Waals surface area contributed by atoms with Crippen LogP contribution in [0.1, 0.15) is 20.8 Å². The highest BCUT2D eigenvalue weighted by molar-refractivity contribution is 6.33. The van der Waals surface area contributed by atoms with Crippen LogP contribution in [0.25, 0.3) is 11.0 Å². The molecule has 22 heavy (non-hydrogen) atoms. The molecule has 0 aromatic carbocycles. The van der Waals surface area contributed by atoms with Crippen LogP contribution in [0.3, 0.4) is 0 Å². The van der Waals surface area contributed by atoms with Crippen LogP contribution in [0, 0.1) is 0 Å². The quantitative estimate of drug-likeness (QED) is 0.713. The normalized spacial score (nSPS) is 11.4. The topological polar surface area (TPSA) is 119 Å². The number of nitrogens with one attached hydrogen (secondary N) is 1. The largest absolute Gasteiger partial charge is 0.708 e. The molecule has 0 saturated carbocycles. The lowest BCUT2D eigenvalue weighted by Crippen LogP contribution is -2.27. The number of anilines is 1. The highest BCUT2D eigenvalue weighted by Crippen LogP contribution is 2.27. The molecule has 2 aromatic rings. The Labute approximate surface area is 127 Å². The van der Waals surface area contributed by atoms with Gasteiger partial charge in [-0.15, -0.1) is 0 Å². The Morgan fingerprint density at radius 1 is 1.36 bits per heavy atom. The molecule has 118 valence electrons. The van der Waals surface area contributed by atoms with E-state index in [0.717, 1.165) is 0 Å². The number of hydrogen-bond acceptors (Lipinski definition) is 7.